The molecular weight excluding hydrogens is 500 g/mol. The maximum atomic E-state index is 12.3. The van der Waals surface area contributed by atoms with E-state index in [0.29, 0.717) is 0 Å². The van der Waals surface area contributed by atoms with Crippen LogP contribution in [-0.2, 0) is 23.7 Å². The standard InChI is InChI=1S/C23H28O14/c1-2-10-11(3-4-34-21(33)9-5-13(25)16(27)14(26)6-9)12(20(31)32)8-35-22(10)37-23-19(30)18(29)17(28)15(7-24)36-23/h2,5-6,8,10-11,15,17-19,22-30H,1,3-4,7H2,(H,31,32)/t10-,11-,15-,17+,18+,19+,22+,23-/m0/s1. The number of hydrogen-bond donors (Lipinski definition) is 8. The van der Waals surface area contributed by atoms with Crippen molar-refractivity contribution in [3.8, 4) is 17.2 Å². The molecule has 1 aromatic carbocycles. The number of aliphatic hydroxyl groups is 4. The van der Waals surface area contributed by atoms with E-state index in [4.69, 9.17) is 18.9 Å². The summed E-state index contributed by atoms with van der Waals surface area (Å²) in [5, 5.41) is 77.7. The first kappa shape index (κ1) is 28.2. The number of phenols is 3. The molecule has 14 heteroatoms. The van der Waals surface area contributed by atoms with Gasteiger partial charge in [0.25, 0.3) is 0 Å². The minimum Gasteiger partial charge on any atom is -0.504 e. The van der Waals surface area contributed by atoms with Crippen LogP contribution in [0.25, 0.3) is 0 Å². The number of carbonyl (C=O) groups excluding carboxylic acids is 1. The molecule has 2 aliphatic rings. The molecule has 0 saturated carbocycles. The maximum Gasteiger partial charge on any atom is 0.338 e. The summed E-state index contributed by atoms with van der Waals surface area (Å²) in [6.07, 6.45) is -6.96. The molecule has 2 aliphatic heterocycles. The van der Waals surface area contributed by atoms with Gasteiger partial charge in [-0.15, -0.1) is 6.58 Å². The highest BCUT2D eigenvalue weighted by Gasteiger charge is 2.47. The van der Waals surface area contributed by atoms with Crippen LogP contribution in [0.15, 0.2) is 36.6 Å². The van der Waals surface area contributed by atoms with Gasteiger partial charge >= 0.3 is 11.9 Å². The van der Waals surface area contributed by atoms with Crippen LogP contribution in [0.2, 0.25) is 0 Å². The molecule has 204 valence electrons. The van der Waals surface area contributed by atoms with Gasteiger partial charge in [0.05, 0.1) is 30.6 Å². The van der Waals surface area contributed by atoms with Gasteiger partial charge in [-0.1, -0.05) is 6.08 Å². The molecular formula is C23H28O14. The number of benzene rings is 1. The van der Waals surface area contributed by atoms with Gasteiger partial charge in [0, 0.05) is 11.8 Å². The van der Waals surface area contributed by atoms with E-state index in [1.54, 1.807) is 0 Å². The quantitative estimate of drug-likeness (QED) is 0.108. The third-order valence-electron chi connectivity index (χ3n) is 6.11. The van der Waals surface area contributed by atoms with Crippen molar-refractivity contribution in [3.63, 3.8) is 0 Å². The molecule has 0 unspecified atom stereocenters. The lowest BCUT2D eigenvalue weighted by Crippen LogP contribution is -2.60. The fraction of sp³-hybridized carbons (Fsp3) is 0.478. The van der Waals surface area contributed by atoms with Crippen LogP contribution in [0.3, 0.4) is 0 Å². The van der Waals surface area contributed by atoms with E-state index in [2.05, 4.69) is 6.58 Å². The molecule has 1 fully saturated rings. The molecule has 8 N–H and O–H groups in total. The fourth-order valence-electron chi connectivity index (χ4n) is 4.07. The maximum absolute atomic E-state index is 12.3. The van der Waals surface area contributed by atoms with Gasteiger partial charge in [-0.25, -0.2) is 9.59 Å². The normalized spacial score (nSPS) is 31.6. The van der Waals surface area contributed by atoms with Crippen molar-refractivity contribution in [2.45, 2.75) is 43.4 Å². The first-order valence-electron chi connectivity index (χ1n) is 11.1. The molecule has 1 saturated heterocycles. The average Bonchev–Trinajstić information content (AvgIpc) is 2.86. The van der Waals surface area contributed by atoms with Gasteiger partial charge < -0.3 is 59.8 Å². The second-order valence-corrected chi connectivity index (χ2v) is 8.42. The van der Waals surface area contributed by atoms with Crippen molar-refractivity contribution in [3.05, 3.63) is 42.2 Å². The van der Waals surface area contributed by atoms with Crippen LogP contribution in [0, 0.1) is 11.8 Å². The Kier molecular flexibility index (Phi) is 8.96. The highest BCUT2D eigenvalue weighted by Crippen LogP contribution is 2.38. The van der Waals surface area contributed by atoms with Crippen molar-refractivity contribution in [1.29, 1.82) is 0 Å². The monoisotopic (exact) mass is 528 g/mol. The molecule has 2 heterocycles. The Morgan fingerprint density at radius 2 is 1.68 bits per heavy atom. The summed E-state index contributed by atoms with van der Waals surface area (Å²) in [6, 6.07) is 1.76. The highest BCUT2D eigenvalue weighted by molar-refractivity contribution is 5.91. The van der Waals surface area contributed by atoms with Crippen molar-refractivity contribution >= 4 is 11.9 Å². The molecule has 0 radical (unpaired) electrons. The fourth-order valence-corrected chi connectivity index (χ4v) is 4.07. The molecule has 37 heavy (non-hydrogen) atoms. The number of aliphatic carboxylic acids is 1. The first-order chi connectivity index (χ1) is 17.5. The Bertz CT molecular complexity index is 1010. The van der Waals surface area contributed by atoms with E-state index in [0.717, 1.165) is 18.4 Å². The molecule has 0 spiro atoms. The number of phenolic OH excluding ortho intramolecular Hbond substituents is 3. The van der Waals surface area contributed by atoms with Crippen molar-refractivity contribution in [2.24, 2.45) is 11.8 Å². The zero-order valence-corrected chi connectivity index (χ0v) is 19.3. The largest absolute Gasteiger partial charge is 0.504 e. The van der Waals surface area contributed by atoms with E-state index in [9.17, 15) is 50.4 Å². The van der Waals surface area contributed by atoms with Gasteiger partial charge in [-0.3, -0.25) is 0 Å². The lowest BCUT2D eigenvalue weighted by Gasteiger charge is -2.43. The smallest absolute Gasteiger partial charge is 0.338 e. The van der Waals surface area contributed by atoms with E-state index in [1.165, 1.54) is 6.08 Å². The predicted molar refractivity (Wildman–Crippen MR) is 119 cm³/mol. The summed E-state index contributed by atoms with van der Waals surface area (Å²) in [5.41, 5.74) is -0.465. The lowest BCUT2D eigenvalue weighted by atomic mass is 9.82. The van der Waals surface area contributed by atoms with E-state index in [1.807, 2.05) is 0 Å². The number of carbonyl (C=O) groups is 2. The summed E-state index contributed by atoms with van der Waals surface area (Å²) in [5.74, 6) is -6.36. The molecule has 14 nitrogen and oxygen atoms in total. The molecule has 8 atom stereocenters. The van der Waals surface area contributed by atoms with Crippen molar-refractivity contribution in [1.82, 2.24) is 0 Å². The van der Waals surface area contributed by atoms with Gasteiger partial charge in [0.15, 0.2) is 23.5 Å². The van der Waals surface area contributed by atoms with Crippen LogP contribution in [-0.4, -0.2) is 103 Å². The molecule has 0 amide bonds. The Morgan fingerprint density at radius 1 is 1.03 bits per heavy atom. The first-order valence-corrected chi connectivity index (χ1v) is 11.1. The van der Waals surface area contributed by atoms with Gasteiger partial charge in [-0.05, 0) is 18.6 Å². The van der Waals surface area contributed by atoms with Gasteiger partial charge in [-0.2, -0.15) is 0 Å². The van der Waals surface area contributed by atoms with E-state index >= 15 is 0 Å². The number of carboxylic acid groups (broad SMARTS) is 1. The van der Waals surface area contributed by atoms with Crippen molar-refractivity contribution < 1.29 is 69.4 Å². The molecule has 0 bridgehead atoms. The molecule has 0 aromatic heterocycles. The lowest BCUT2D eigenvalue weighted by molar-refractivity contribution is -0.339. The number of aromatic hydroxyl groups is 3. The Balaban J connectivity index is 1.72. The summed E-state index contributed by atoms with van der Waals surface area (Å²) in [4.78, 5) is 24.1. The van der Waals surface area contributed by atoms with E-state index in [-0.39, 0.29) is 24.2 Å². The number of rotatable bonds is 9. The predicted octanol–water partition coefficient (Wildman–Crippen LogP) is -1.09. The molecule has 1 aromatic rings. The Hall–Kier alpha value is -3.40. The zero-order valence-electron chi connectivity index (χ0n) is 19.3. The highest BCUT2D eigenvalue weighted by atomic mass is 16.8. The van der Waals surface area contributed by atoms with Gasteiger partial charge in [0.2, 0.25) is 6.29 Å². The van der Waals surface area contributed by atoms with Crippen LogP contribution < -0.4 is 0 Å². The number of aliphatic hydroxyl groups excluding tert-OH is 4. The van der Waals surface area contributed by atoms with Crippen LogP contribution in [0.5, 0.6) is 17.2 Å². The van der Waals surface area contributed by atoms with Gasteiger partial charge in [0.1, 0.15) is 24.4 Å². The summed E-state index contributed by atoms with van der Waals surface area (Å²) in [6.45, 7) is 2.66. The minimum atomic E-state index is -1.73. The topological polar surface area (TPSA) is 233 Å². The number of carboxylic acids is 1. The van der Waals surface area contributed by atoms with E-state index < -0.39 is 84.6 Å². The minimum absolute atomic E-state index is 0.0749. The second kappa shape index (κ2) is 11.8. The van der Waals surface area contributed by atoms with Crippen LogP contribution in [0.4, 0.5) is 0 Å². The Labute approximate surface area is 209 Å². The van der Waals surface area contributed by atoms with Crippen LogP contribution >= 0.6 is 0 Å². The Morgan fingerprint density at radius 3 is 2.24 bits per heavy atom. The number of hydrogen-bond acceptors (Lipinski definition) is 13. The zero-order chi connectivity index (χ0) is 27.4. The third-order valence-corrected chi connectivity index (χ3v) is 6.11. The number of ether oxygens (including phenoxy) is 4. The average molecular weight is 528 g/mol. The SMILES string of the molecule is C=C[C@@H]1[C@@H](O[C@@H]2O[C@@H](CO)[C@@H](O)[C@@H](O)[C@H]2O)OC=C(C(=O)O)[C@H]1CCOC(=O)c1cc(O)c(O)c(O)c1. The molecule has 0 aliphatic carbocycles. The number of esters is 1. The second-order valence-electron chi connectivity index (χ2n) is 8.42. The summed E-state index contributed by atoms with van der Waals surface area (Å²) < 4.78 is 21.4. The third kappa shape index (κ3) is 5.95. The summed E-state index contributed by atoms with van der Waals surface area (Å²) >= 11 is 0. The summed E-state index contributed by atoms with van der Waals surface area (Å²) in [7, 11) is 0. The van der Waals surface area contributed by atoms with Crippen molar-refractivity contribution in [2.75, 3.05) is 13.2 Å². The molecule has 3 rings (SSSR count). The van der Waals surface area contributed by atoms with Crippen LogP contribution in [0.1, 0.15) is 16.8 Å².